The fourth-order valence-electron chi connectivity index (χ4n) is 4.52. The zero-order valence-corrected chi connectivity index (χ0v) is 21.0. The lowest BCUT2D eigenvalue weighted by molar-refractivity contribution is -0.116. The number of aromatic hydroxyl groups is 1. The van der Waals surface area contributed by atoms with Crippen LogP contribution in [0.3, 0.4) is 0 Å². The second-order valence-corrected chi connectivity index (χ2v) is 9.44. The van der Waals surface area contributed by atoms with Crippen molar-refractivity contribution in [2.75, 3.05) is 26.0 Å². The maximum atomic E-state index is 14.0. The number of carbonyl (C=O) groups excluding carboxylic acids is 1. The van der Waals surface area contributed by atoms with Crippen LogP contribution in [-0.2, 0) is 4.79 Å². The zero-order chi connectivity index (χ0) is 27.1. The predicted octanol–water partition coefficient (Wildman–Crippen LogP) is 4.58. The highest BCUT2D eigenvalue weighted by Crippen LogP contribution is 2.35. The number of anilines is 1. The lowest BCUT2D eigenvalue weighted by Crippen LogP contribution is -2.27. The normalized spacial score (nSPS) is 11.5. The number of hydrogen-bond donors (Lipinski definition) is 4. The Morgan fingerprint density at radius 1 is 1.00 bits per heavy atom. The molecule has 11 heteroatoms. The van der Waals surface area contributed by atoms with Crippen molar-refractivity contribution >= 4 is 33.5 Å². The monoisotopic (exact) mass is 522 g/mol. The summed E-state index contributed by atoms with van der Waals surface area (Å²) < 4.78 is 14.0. The molecular formula is C28H23FN8O2. The van der Waals surface area contributed by atoms with Crippen molar-refractivity contribution in [2.24, 2.45) is 0 Å². The van der Waals surface area contributed by atoms with E-state index >= 15 is 0 Å². The van der Waals surface area contributed by atoms with E-state index in [1.165, 1.54) is 12.1 Å². The number of benzene rings is 1. The maximum Gasteiger partial charge on any atom is 0.238 e. The van der Waals surface area contributed by atoms with Gasteiger partial charge in [-0.1, -0.05) is 0 Å². The van der Waals surface area contributed by atoms with Crippen LogP contribution in [0.1, 0.15) is 0 Å². The summed E-state index contributed by atoms with van der Waals surface area (Å²) in [6.45, 7) is 0.259. The van der Waals surface area contributed by atoms with Gasteiger partial charge in [0.2, 0.25) is 5.91 Å². The summed E-state index contributed by atoms with van der Waals surface area (Å²) in [4.78, 5) is 30.7. The number of pyridine rings is 3. The first-order valence-corrected chi connectivity index (χ1v) is 12.1. The summed E-state index contributed by atoms with van der Waals surface area (Å²) in [5, 5.41) is 21.1. The Bertz CT molecular complexity index is 1840. The van der Waals surface area contributed by atoms with E-state index in [0.717, 1.165) is 28.0 Å². The standard InChI is InChI=1S/C28H23FN8O2/c1-37(2)14-26(39)32-18-6-16(10-30-11-18)22-3-4-23-27(34-22)28(36-35-23)24-9-20-21(12-31-13-25(20)33-24)15-5-17(29)8-19(38)7-15/h3-13,33,38H,14H2,1-2H3,(H,32,39)(H,35,36). The minimum atomic E-state index is -0.538. The third-order valence-electron chi connectivity index (χ3n) is 6.18. The minimum Gasteiger partial charge on any atom is -0.508 e. The van der Waals surface area contributed by atoms with Crippen LogP contribution in [0.15, 0.2) is 67.3 Å². The molecule has 0 aliphatic carbocycles. The average Bonchev–Trinajstić information content (AvgIpc) is 3.51. The number of fused-ring (bicyclic) bond motifs is 2. The Morgan fingerprint density at radius 3 is 2.67 bits per heavy atom. The smallest absolute Gasteiger partial charge is 0.238 e. The van der Waals surface area contributed by atoms with Crippen LogP contribution in [0, 0.1) is 5.82 Å². The summed E-state index contributed by atoms with van der Waals surface area (Å²) in [5.74, 6) is -0.840. The molecule has 0 bridgehead atoms. The molecule has 0 aliphatic rings. The van der Waals surface area contributed by atoms with Crippen LogP contribution in [0.4, 0.5) is 10.1 Å². The highest BCUT2D eigenvalue weighted by Gasteiger charge is 2.17. The first kappa shape index (κ1) is 24.2. The van der Waals surface area contributed by atoms with Crippen molar-refractivity contribution in [2.45, 2.75) is 0 Å². The summed E-state index contributed by atoms with van der Waals surface area (Å²) in [6.07, 6.45) is 6.58. The van der Waals surface area contributed by atoms with Crippen molar-refractivity contribution in [3.63, 3.8) is 0 Å². The summed E-state index contributed by atoms with van der Waals surface area (Å²) in [7, 11) is 3.65. The topological polar surface area (TPSA) is 136 Å². The van der Waals surface area contributed by atoms with Crippen molar-refractivity contribution in [3.8, 4) is 39.5 Å². The van der Waals surface area contributed by atoms with Gasteiger partial charge in [0.05, 0.1) is 47.0 Å². The number of amides is 1. The second kappa shape index (κ2) is 9.62. The third kappa shape index (κ3) is 4.78. The minimum absolute atomic E-state index is 0.138. The van der Waals surface area contributed by atoms with Gasteiger partial charge in [-0.25, -0.2) is 9.37 Å². The van der Waals surface area contributed by atoms with E-state index in [-0.39, 0.29) is 18.2 Å². The molecule has 0 fully saturated rings. The quantitative estimate of drug-likeness (QED) is 0.251. The molecule has 6 aromatic rings. The molecule has 0 spiro atoms. The van der Waals surface area contributed by atoms with E-state index in [0.29, 0.717) is 39.4 Å². The first-order chi connectivity index (χ1) is 18.8. The van der Waals surface area contributed by atoms with E-state index in [1.807, 2.05) is 38.4 Å². The van der Waals surface area contributed by atoms with Crippen LogP contribution < -0.4 is 5.32 Å². The SMILES string of the molecule is CN(C)CC(=O)Nc1cncc(-c2ccc3[nH]nc(-c4cc5c(-c6cc(O)cc(F)c6)cncc5[nH]4)c3n2)c1. The fraction of sp³-hybridized carbons (Fsp3) is 0.107. The summed E-state index contributed by atoms with van der Waals surface area (Å²) >= 11 is 0. The molecule has 1 aromatic carbocycles. The Balaban J connectivity index is 1.39. The van der Waals surface area contributed by atoms with E-state index in [2.05, 4.69) is 30.5 Å². The van der Waals surface area contributed by atoms with Gasteiger partial charge >= 0.3 is 0 Å². The van der Waals surface area contributed by atoms with Crippen LogP contribution in [-0.4, -0.2) is 66.7 Å². The number of carbonyl (C=O) groups is 1. The van der Waals surface area contributed by atoms with Crippen LogP contribution in [0.25, 0.3) is 55.7 Å². The molecule has 0 saturated carbocycles. The van der Waals surface area contributed by atoms with Crippen LogP contribution in [0.5, 0.6) is 5.75 Å². The number of phenols is 1. The van der Waals surface area contributed by atoms with Gasteiger partial charge in [-0.3, -0.25) is 19.9 Å². The summed E-state index contributed by atoms with van der Waals surface area (Å²) in [5.41, 5.74) is 6.54. The number of H-pyrrole nitrogens is 2. The third-order valence-corrected chi connectivity index (χ3v) is 6.18. The molecule has 5 aromatic heterocycles. The Kier molecular flexibility index (Phi) is 5.97. The Hall–Kier alpha value is -5.16. The van der Waals surface area contributed by atoms with Crippen molar-refractivity contribution in [1.82, 2.24) is 35.0 Å². The molecule has 194 valence electrons. The number of nitrogens with one attached hydrogen (secondary N) is 3. The number of phenolic OH excluding ortho intramolecular Hbond substituents is 1. The molecule has 0 saturated heterocycles. The number of aromatic amines is 2. The largest absolute Gasteiger partial charge is 0.508 e. The van der Waals surface area contributed by atoms with Gasteiger partial charge in [0.15, 0.2) is 0 Å². The van der Waals surface area contributed by atoms with E-state index in [1.54, 1.807) is 29.7 Å². The highest BCUT2D eigenvalue weighted by atomic mass is 19.1. The van der Waals surface area contributed by atoms with E-state index in [9.17, 15) is 14.3 Å². The molecule has 39 heavy (non-hydrogen) atoms. The van der Waals surface area contributed by atoms with Gasteiger partial charge in [0, 0.05) is 35.0 Å². The average molecular weight is 523 g/mol. The number of halogens is 1. The number of nitrogens with zero attached hydrogens (tertiary/aromatic N) is 5. The van der Waals surface area contributed by atoms with Gasteiger partial charge in [0.1, 0.15) is 22.8 Å². The maximum absolute atomic E-state index is 14.0. The first-order valence-electron chi connectivity index (χ1n) is 12.1. The van der Waals surface area contributed by atoms with Crippen molar-refractivity contribution < 1.29 is 14.3 Å². The fourth-order valence-corrected chi connectivity index (χ4v) is 4.52. The van der Waals surface area contributed by atoms with E-state index < -0.39 is 5.82 Å². The van der Waals surface area contributed by atoms with Crippen molar-refractivity contribution in [3.05, 3.63) is 73.1 Å². The predicted molar refractivity (Wildman–Crippen MR) is 146 cm³/mol. The molecule has 0 radical (unpaired) electrons. The van der Waals surface area contributed by atoms with E-state index in [4.69, 9.17) is 4.98 Å². The van der Waals surface area contributed by atoms with Crippen LogP contribution in [0.2, 0.25) is 0 Å². The molecule has 5 heterocycles. The Morgan fingerprint density at radius 2 is 1.85 bits per heavy atom. The van der Waals surface area contributed by atoms with Crippen molar-refractivity contribution in [1.29, 1.82) is 0 Å². The molecule has 0 unspecified atom stereocenters. The van der Waals surface area contributed by atoms with Gasteiger partial charge < -0.3 is 20.3 Å². The van der Waals surface area contributed by atoms with Gasteiger partial charge in [-0.15, -0.1) is 0 Å². The molecular weight excluding hydrogens is 499 g/mol. The number of aromatic nitrogens is 6. The molecule has 1 amide bonds. The van der Waals surface area contributed by atoms with Crippen LogP contribution >= 0.6 is 0 Å². The van der Waals surface area contributed by atoms with Gasteiger partial charge in [-0.05, 0) is 56.1 Å². The lowest BCUT2D eigenvalue weighted by Gasteiger charge is -2.10. The number of hydrogen-bond acceptors (Lipinski definition) is 7. The highest BCUT2D eigenvalue weighted by molar-refractivity contribution is 6.00. The number of rotatable bonds is 6. The molecule has 6 rings (SSSR count). The Labute approximate surface area is 221 Å². The molecule has 10 nitrogen and oxygen atoms in total. The summed E-state index contributed by atoms with van der Waals surface area (Å²) in [6, 6.07) is 11.4. The van der Waals surface area contributed by atoms with Gasteiger partial charge in [0.25, 0.3) is 0 Å². The number of likely N-dealkylation sites (N-methyl/N-ethyl adjacent to an activating group) is 1. The second-order valence-electron chi connectivity index (χ2n) is 9.44. The molecule has 0 aliphatic heterocycles. The zero-order valence-electron chi connectivity index (χ0n) is 21.0. The lowest BCUT2D eigenvalue weighted by atomic mass is 10.0. The molecule has 0 atom stereocenters. The molecule has 4 N–H and O–H groups in total. The van der Waals surface area contributed by atoms with Gasteiger partial charge in [-0.2, -0.15) is 5.10 Å².